The van der Waals surface area contributed by atoms with Crippen molar-refractivity contribution in [2.45, 2.75) is 24.4 Å². The highest BCUT2D eigenvalue weighted by atomic mass is 16.5. The van der Waals surface area contributed by atoms with Crippen molar-refractivity contribution in [1.29, 1.82) is 0 Å². The first kappa shape index (κ1) is 10.6. The van der Waals surface area contributed by atoms with E-state index in [2.05, 4.69) is 11.4 Å². The van der Waals surface area contributed by atoms with Gasteiger partial charge in [-0.15, -0.1) is 0 Å². The van der Waals surface area contributed by atoms with Gasteiger partial charge in [0.2, 0.25) is 0 Å². The fourth-order valence-electron chi connectivity index (χ4n) is 2.85. The average Bonchev–Trinajstić information content (AvgIpc) is 3.13. The lowest BCUT2D eigenvalue weighted by Gasteiger charge is -2.25. The van der Waals surface area contributed by atoms with Crippen molar-refractivity contribution in [3.8, 4) is 5.75 Å². The smallest absolute Gasteiger partial charge is 0.326 e. The maximum atomic E-state index is 11.8. The Hall–Kier alpha value is -1.55. The van der Waals surface area contributed by atoms with E-state index in [-0.39, 0.29) is 11.9 Å². The minimum atomic E-state index is -0.478. The van der Waals surface area contributed by atoms with Crippen molar-refractivity contribution in [2.75, 3.05) is 14.2 Å². The molecule has 1 aliphatic heterocycles. The van der Waals surface area contributed by atoms with E-state index in [0.29, 0.717) is 6.54 Å². The van der Waals surface area contributed by atoms with Crippen LogP contribution in [0.3, 0.4) is 0 Å². The minimum absolute atomic E-state index is 0.157. The van der Waals surface area contributed by atoms with Crippen molar-refractivity contribution in [3.05, 3.63) is 29.3 Å². The molecule has 2 atom stereocenters. The van der Waals surface area contributed by atoms with Gasteiger partial charge in [0.25, 0.3) is 0 Å². The van der Waals surface area contributed by atoms with Crippen molar-refractivity contribution in [3.63, 3.8) is 0 Å². The van der Waals surface area contributed by atoms with Gasteiger partial charge in [0.15, 0.2) is 0 Å². The molecule has 0 unspecified atom stereocenters. The molecule has 4 heteroatoms. The molecule has 2 aliphatic rings. The molecule has 0 aromatic heterocycles. The molecule has 1 heterocycles. The molecule has 4 nitrogen and oxygen atoms in total. The summed E-state index contributed by atoms with van der Waals surface area (Å²) >= 11 is 0. The maximum Gasteiger partial charge on any atom is 0.326 e. The van der Waals surface area contributed by atoms with Crippen molar-refractivity contribution in [2.24, 2.45) is 0 Å². The molecular weight excluding hydrogens is 218 g/mol. The Morgan fingerprint density at radius 2 is 2.29 bits per heavy atom. The van der Waals surface area contributed by atoms with Gasteiger partial charge in [-0.05, 0) is 18.1 Å². The predicted molar refractivity (Wildman–Crippen MR) is 61.9 cm³/mol. The van der Waals surface area contributed by atoms with Gasteiger partial charge in [-0.1, -0.05) is 12.1 Å². The highest BCUT2D eigenvalue weighted by Crippen LogP contribution is 2.56. The molecule has 1 fully saturated rings. The van der Waals surface area contributed by atoms with Gasteiger partial charge in [0.05, 0.1) is 14.2 Å². The summed E-state index contributed by atoms with van der Waals surface area (Å²) in [4.78, 5) is 11.8. The number of benzene rings is 1. The Morgan fingerprint density at radius 3 is 3.00 bits per heavy atom. The summed E-state index contributed by atoms with van der Waals surface area (Å²) in [5, 5.41) is 3.30. The van der Waals surface area contributed by atoms with E-state index in [1.54, 1.807) is 7.11 Å². The van der Waals surface area contributed by atoms with Gasteiger partial charge in [-0.25, -0.2) is 0 Å². The van der Waals surface area contributed by atoms with Crippen LogP contribution >= 0.6 is 0 Å². The Balaban J connectivity index is 2.00. The number of nitrogens with one attached hydrogen (secondary N) is 1. The second kappa shape index (κ2) is 3.47. The molecule has 0 spiro atoms. The van der Waals surface area contributed by atoms with Gasteiger partial charge in [-0.3, -0.25) is 10.1 Å². The van der Waals surface area contributed by atoms with E-state index in [1.165, 1.54) is 12.7 Å². The summed E-state index contributed by atoms with van der Waals surface area (Å²) in [6, 6.07) is 6.01. The molecule has 1 aliphatic carbocycles. The molecule has 1 aromatic rings. The summed E-state index contributed by atoms with van der Waals surface area (Å²) in [5.41, 5.74) is 1.90. The van der Waals surface area contributed by atoms with Crippen LogP contribution in [-0.4, -0.2) is 25.7 Å². The first-order valence-corrected chi connectivity index (χ1v) is 5.72. The second-order valence-electron chi connectivity index (χ2n) is 4.60. The molecule has 0 amide bonds. The summed E-state index contributed by atoms with van der Waals surface area (Å²) in [6.07, 6.45) is 0.819. The topological polar surface area (TPSA) is 47.6 Å². The highest BCUT2D eigenvalue weighted by molar-refractivity contribution is 5.87. The lowest BCUT2D eigenvalue weighted by atomic mass is 9.95. The number of carbonyl (C=O) groups is 1. The molecule has 0 saturated heterocycles. The number of hydrogen-bond acceptors (Lipinski definition) is 4. The number of rotatable bonds is 2. The number of ether oxygens (including phenoxy) is 2. The van der Waals surface area contributed by atoms with Crippen molar-refractivity contribution in [1.82, 2.24) is 5.32 Å². The zero-order valence-electron chi connectivity index (χ0n) is 9.95. The van der Waals surface area contributed by atoms with Gasteiger partial charge in [0, 0.05) is 18.0 Å². The number of carbonyl (C=O) groups excluding carboxylic acids is 1. The third kappa shape index (κ3) is 1.30. The SMILES string of the molecule is COC(=O)[C@]12C[C@@H]1c1cccc(OC)c1CN2. The van der Waals surface area contributed by atoms with Crippen LogP contribution in [0.5, 0.6) is 5.75 Å². The van der Waals surface area contributed by atoms with E-state index in [9.17, 15) is 4.79 Å². The van der Waals surface area contributed by atoms with Crippen LogP contribution in [0.1, 0.15) is 23.5 Å². The molecule has 3 rings (SSSR count). The van der Waals surface area contributed by atoms with Crippen LogP contribution in [0.25, 0.3) is 0 Å². The third-order valence-corrected chi connectivity index (χ3v) is 3.86. The third-order valence-electron chi connectivity index (χ3n) is 3.86. The number of fused-ring (bicyclic) bond motifs is 3. The van der Waals surface area contributed by atoms with Crippen LogP contribution in [0.15, 0.2) is 18.2 Å². The molecule has 17 heavy (non-hydrogen) atoms. The fourth-order valence-corrected chi connectivity index (χ4v) is 2.85. The Labute approximate surface area is 99.9 Å². The number of hydrogen-bond donors (Lipinski definition) is 1. The number of methoxy groups -OCH3 is 2. The van der Waals surface area contributed by atoms with Crippen LogP contribution in [0.4, 0.5) is 0 Å². The molecule has 1 N–H and O–H groups in total. The predicted octanol–water partition coefficient (Wildman–Crippen LogP) is 1.20. The van der Waals surface area contributed by atoms with Gasteiger partial charge >= 0.3 is 5.97 Å². The summed E-state index contributed by atoms with van der Waals surface area (Å²) in [6.45, 7) is 0.658. The van der Waals surface area contributed by atoms with Gasteiger partial charge < -0.3 is 9.47 Å². The van der Waals surface area contributed by atoms with Crippen LogP contribution in [0, 0.1) is 0 Å². The van der Waals surface area contributed by atoms with E-state index in [4.69, 9.17) is 9.47 Å². The molecule has 1 saturated carbocycles. The molecule has 0 radical (unpaired) electrons. The summed E-state index contributed by atoms with van der Waals surface area (Å²) < 4.78 is 10.2. The Bertz CT molecular complexity index is 486. The van der Waals surface area contributed by atoms with E-state index in [1.807, 2.05) is 12.1 Å². The van der Waals surface area contributed by atoms with E-state index < -0.39 is 5.54 Å². The van der Waals surface area contributed by atoms with Crippen LogP contribution in [-0.2, 0) is 16.1 Å². The largest absolute Gasteiger partial charge is 0.496 e. The molecule has 1 aromatic carbocycles. The zero-order valence-corrected chi connectivity index (χ0v) is 9.95. The number of esters is 1. The maximum absolute atomic E-state index is 11.8. The Morgan fingerprint density at radius 1 is 1.47 bits per heavy atom. The van der Waals surface area contributed by atoms with Gasteiger partial charge in [-0.2, -0.15) is 0 Å². The van der Waals surface area contributed by atoms with Crippen LogP contribution in [0.2, 0.25) is 0 Å². The second-order valence-corrected chi connectivity index (χ2v) is 4.60. The zero-order chi connectivity index (χ0) is 12.0. The first-order valence-electron chi connectivity index (χ1n) is 5.72. The monoisotopic (exact) mass is 233 g/mol. The summed E-state index contributed by atoms with van der Waals surface area (Å²) in [5.74, 6) is 0.963. The van der Waals surface area contributed by atoms with Crippen LogP contribution < -0.4 is 10.1 Å². The average molecular weight is 233 g/mol. The molecule has 0 bridgehead atoms. The fraction of sp³-hybridized carbons (Fsp3) is 0.462. The standard InChI is InChI=1S/C13H15NO3/c1-16-11-5-3-4-8-9(11)7-14-13(6-10(8)13)12(15)17-2/h3-5,10,14H,6-7H2,1-2H3/t10-,13+/m1/s1. The van der Waals surface area contributed by atoms with Crippen molar-refractivity contribution < 1.29 is 14.3 Å². The van der Waals surface area contributed by atoms with Gasteiger partial charge in [0.1, 0.15) is 11.3 Å². The first-order chi connectivity index (χ1) is 8.23. The quantitative estimate of drug-likeness (QED) is 0.780. The lowest BCUT2D eigenvalue weighted by Crippen LogP contribution is -2.43. The molecular formula is C13H15NO3. The normalized spacial score (nSPS) is 28.9. The van der Waals surface area contributed by atoms with E-state index in [0.717, 1.165) is 17.7 Å². The summed E-state index contributed by atoms with van der Waals surface area (Å²) in [7, 11) is 3.11. The highest BCUT2D eigenvalue weighted by Gasteiger charge is 2.63. The van der Waals surface area contributed by atoms with Crippen molar-refractivity contribution >= 4 is 5.97 Å². The minimum Gasteiger partial charge on any atom is -0.496 e. The molecule has 90 valence electrons. The Kier molecular flexibility index (Phi) is 2.16. The lowest BCUT2D eigenvalue weighted by molar-refractivity contribution is -0.144. The van der Waals surface area contributed by atoms with E-state index >= 15 is 0 Å².